The third-order valence-electron chi connectivity index (χ3n) is 5.49. The van der Waals surface area contributed by atoms with Gasteiger partial charge in [0.15, 0.2) is 0 Å². The van der Waals surface area contributed by atoms with E-state index in [-0.39, 0.29) is 5.56 Å². The average molecular weight is 421 g/mol. The van der Waals surface area contributed by atoms with E-state index < -0.39 is 0 Å². The van der Waals surface area contributed by atoms with E-state index in [9.17, 15) is 4.79 Å². The summed E-state index contributed by atoms with van der Waals surface area (Å²) in [6.07, 6.45) is 0.899. The van der Waals surface area contributed by atoms with Crippen LogP contribution >= 0.6 is 0 Å². The quantitative estimate of drug-likeness (QED) is 0.538. The lowest BCUT2D eigenvalue weighted by atomic mass is 10.2. The normalized spacial score (nSPS) is 13.8. The minimum absolute atomic E-state index is 0.00738. The van der Waals surface area contributed by atoms with Gasteiger partial charge in [0.05, 0.1) is 13.3 Å². The molecule has 0 unspecified atom stereocenters. The van der Waals surface area contributed by atoms with Crippen LogP contribution in [-0.4, -0.2) is 41.4 Å². The second kappa shape index (κ2) is 9.32. The zero-order valence-electron chi connectivity index (χ0n) is 18.2. The van der Waals surface area contributed by atoms with Crippen molar-refractivity contribution < 1.29 is 9.47 Å². The molecule has 0 saturated carbocycles. The predicted molar refractivity (Wildman–Crippen MR) is 121 cm³/mol. The Hall–Kier alpha value is -3.16. The molecule has 0 amide bonds. The topological polar surface area (TPSA) is 59.8 Å². The highest BCUT2D eigenvalue weighted by molar-refractivity contribution is 5.59. The predicted octanol–water partition coefficient (Wildman–Crippen LogP) is 4.06. The maximum absolute atomic E-state index is 13.0. The summed E-state index contributed by atoms with van der Waals surface area (Å²) >= 11 is 0. The average Bonchev–Trinajstić information content (AvgIpc) is 2.79. The van der Waals surface area contributed by atoms with Crippen molar-refractivity contribution in [2.24, 2.45) is 0 Å². The fourth-order valence-corrected chi connectivity index (χ4v) is 3.67. The molecule has 7 nitrogen and oxygen atoms in total. The van der Waals surface area contributed by atoms with Crippen molar-refractivity contribution in [1.29, 1.82) is 0 Å². The van der Waals surface area contributed by atoms with Crippen LogP contribution in [-0.2, 0) is 11.4 Å². The highest BCUT2D eigenvalue weighted by atomic mass is 16.5. The summed E-state index contributed by atoms with van der Waals surface area (Å²) in [4.78, 5) is 22.0. The Kier molecular flexibility index (Phi) is 6.34. The van der Waals surface area contributed by atoms with Gasteiger partial charge in [-0.2, -0.15) is 0 Å². The van der Waals surface area contributed by atoms with Gasteiger partial charge in [-0.3, -0.25) is 19.2 Å². The highest BCUT2D eigenvalue weighted by Gasteiger charge is 2.27. The molecule has 0 bridgehead atoms. The smallest absolute Gasteiger partial charge is 0.259 e. The van der Waals surface area contributed by atoms with Crippen LogP contribution < -0.4 is 15.2 Å². The van der Waals surface area contributed by atoms with Crippen LogP contribution in [0.1, 0.15) is 17.7 Å². The zero-order valence-corrected chi connectivity index (χ0v) is 18.2. The molecule has 0 aliphatic carbocycles. The maximum Gasteiger partial charge on any atom is 0.259 e. The molecule has 0 atom stereocenters. The van der Waals surface area contributed by atoms with Crippen molar-refractivity contribution in [2.45, 2.75) is 26.9 Å². The van der Waals surface area contributed by atoms with E-state index in [1.807, 2.05) is 68.4 Å². The molecule has 1 aliphatic rings. The zero-order chi connectivity index (χ0) is 21.8. The summed E-state index contributed by atoms with van der Waals surface area (Å²) in [5.74, 6) is 2.23. The molecule has 0 saturated heterocycles. The fourth-order valence-electron chi connectivity index (χ4n) is 3.67. The number of anilines is 2. The SMILES string of the molecule is COCCCN1CN(c2ccc(Oc3ccccc3)cc2)c2nc(C)c(C)c(=O)n2C1. The second-order valence-electron chi connectivity index (χ2n) is 7.72. The van der Waals surface area contributed by atoms with Gasteiger partial charge in [-0.05, 0) is 56.7 Å². The van der Waals surface area contributed by atoms with E-state index >= 15 is 0 Å². The van der Waals surface area contributed by atoms with Crippen LogP contribution in [0.25, 0.3) is 0 Å². The summed E-state index contributed by atoms with van der Waals surface area (Å²) in [5, 5.41) is 0. The lowest BCUT2D eigenvalue weighted by molar-refractivity contribution is 0.150. The van der Waals surface area contributed by atoms with E-state index in [1.54, 1.807) is 11.7 Å². The minimum Gasteiger partial charge on any atom is -0.457 e. The van der Waals surface area contributed by atoms with Gasteiger partial charge in [-0.1, -0.05) is 18.2 Å². The van der Waals surface area contributed by atoms with E-state index in [2.05, 4.69) is 9.80 Å². The summed E-state index contributed by atoms with van der Waals surface area (Å²) in [6, 6.07) is 17.6. The first-order valence-corrected chi connectivity index (χ1v) is 10.5. The molecular weight excluding hydrogens is 392 g/mol. The molecule has 2 aromatic carbocycles. The molecule has 2 heterocycles. The molecule has 7 heteroatoms. The number of fused-ring (bicyclic) bond motifs is 1. The van der Waals surface area contributed by atoms with Crippen molar-refractivity contribution in [3.05, 3.63) is 76.2 Å². The number of benzene rings is 2. The molecule has 0 N–H and O–H groups in total. The molecule has 4 rings (SSSR count). The highest BCUT2D eigenvalue weighted by Crippen LogP contribution is 2.30. The molecule has 0 radical (unpaired) electrons. The number of nitrogens with zero attached hydrogens (tertiary/aromatic N) is 4. The second-order valence-corrected chi connectivity index (χ2v) is 7.72. The maximum atomic E-state index is 13.0. The van der Waals surface area contributed by atoms with Gasteiger partial charge in [0, 0.05) is 37.2 Å². The van der Waals surface area contributed by atoms with E-state index in [0.29, 0.717) is 31.5 Å². The van der Waals surface area contributed by atoms with Crippen LogP contribution in [0, 0.1) is 13.8 Å². The molecular formula is C24H28N4O3. The van der Waals surface area contributed by atoms with E-state index in [4.69, 9.17) is 14.5 Å². The fraction of sp³-hybridized carbons (Fsp3) is 0.333. The third kappa shape index (κ3) is 4.62. The number of aromatic nitrogens is 2. The van der Waals surface area contributed by atoms with Gasteiger partial charge in [-0.15, -0.1) is 0 Å². The summed E-state index contributed by atoms with van der Waals surface area (Å²) in [5.41, 5.74) is 2.42. The van der Waals surface area contributed by atoms with Crippen LogP contribution in [0.5, 0.6) is 11.5 Å². The number of hydrogen-bond donors (Lipinski definition) is 0. The molecule has 1 aromatic heterocycles. The molecule has 162 valence electrons. The van der Waals surface area contributed by atoms with Gasteiger partial charge in [-0.25, -0.2) is 4.98 Å². The van der Waals surface area contributed by atoms with Crippen molar-refractivity contribution in [2.75, 3.05) is 31.8 Å². The number of ether oxygens (including phenoxy) is 2. The van der Waals surface area contributed by atoms with Crippen LogP contribution in [0.3, 0.4) is 0 Å². The largest absolute Gasteiger partial charge is 0.457 e. The first-order chi connectivity index (χ1) is 15.1. The Labute approximate surface area is 182 Å². The van der Waals surface area contributed by atoms with Gasteiger partial charge < -0.3 is 9.47 Å². The van der Waals surface area contributed by atoms with E-state index in [0.717, 1.165) is 35.8 Å². The monoisotopic (exact) mass is 420 g/mol. The number of aryl methyl sites for hydroxylation is 1. The van der Waals surface area contributed by atoms with Gasteiger partial charge in [0.25, 0.3) is 5.56 Å². The Morgan fingerprint density at radius 1 is 0.968 bits per heavy atom. The number of rotatable bonds is 7. The Morgan fingerprint density at radius 2 is 1.68 bits per heavy atom. The van der Waals surface area contributed by atoms with E-state index in [1.165, 1.54) is 0 Å². The van der Waals surface area contributed by atoms with Crippen LogP contribution in [0.4, 0.5) is 11.6 Å². The summed E-state index contributed by atoms with van der Waals surface area (Å²) < 4.78 is 12.9. The molecule has 1 aliphatic heterocycles. The van der Waals surface area contributed by atoms with Crippen molar-refractivity contribution >= 4 is 11.6 Å². The van der Waals surface area contributed by atoms with Crippen molar-refractivity contribution in [1.82, 2.24) is 14.5 Å². The Bertz CT molecular complexity index is 1080. The molecule has 0 spiro atoms. The van der Waals surface area contributed by atoms with Gasteiger partial charge in [0.2, 0.25) is 5.95 Å². The number of methoxy groups -OCH3 is 1. The Morgan fingerprint density at radius 3 is 2.39 bits per heavy atom. The number of para-hydroxylation sites is 1. The minimum atomic E-state index is 0.00738. The molecule has 3 aromatic rings. The standard InChI is InChI=1S/C24H28N4O3/c1-18-19(2)25-24-27(16-26(14-7-15-30-3)17-28(24)23(18)29)20-10-12-22(13-11-20)31-21-8-5-4-6-9-21/h4-6,8-13H,7,14-17H2,1-3H3. The lowest BCUT2D eigenvalue weighted by Crippen LogP contribution is -2.48. The Balaban J connectivity index is 1.63. The van der Waals surface area contributed by atoms with Crippen molar-refractivity contribution in [3.63, 3.8) is 0 Å². The van der Waals surface area contributed by atoms with Crippen LogP contribution in [0.2, 0.25) is 0 Å². The third-order valence-corrected chi connectivity index (χ3v) is 5.49. The first kappa shape index (κ1) is 21.1. The molecule has 31 heavy (non-hydrogen) atoms. The van der Waals surface area contributed by atoms with Gasteiger partial charge >= 0.3 is 0 Å². The summed E-state index contributed by atoms with van der Waals surface area (Å²) in [6.45, 7) is 6.42. The summed E-state index contributed by atoms with van der Waals surface area (Å²) in [7, 11) is 1.71. The first-order valence-electron chi connectivity index (χ1n) is 10.5. The lowest BCUT2D eigenvalue weighted by Gasteiger charge is -2.38. The number of hydrogen-bond acceptors (Lipinski definition) is 6. The van der Waals surface area contributed by atoms with Crippen LogP contribution in [0.15, 0.2) is 59.4 Å². The van der Waals surface area contributed by atoms with Gasteiger partial charge in [0.1, 0.15) is 11.5 Å². The molecule has 0 fully saturated rings. The van der Waals surface area contributed by atoms with Crippen molar-refractivity contribution in [3.8, 4) is 11.5 Å².